The van der Waals surface area contributed by atoms with Gasteiger partial charge in [0.1, 0.15) is 10.8 Å². The molecule has 0 aliphatic carbocycles. The van der Waals surface area contributed by atoms with Crippen LogP contribution < -0.4 is 15.4 Å². The molecule has 0 fully saturated rings. The van der Waals surface area contributed by atoms with Gasteiger partial charge in [-0.05, 0) is 36.0 Å². The number of nitrogens with zero attached hydrogens (tertiary/aromatic N) is 5. The van der Waals surface area contributed by atoms with Crippen LogP contribution >= 0.6 is 11.3 Å². The van der Waals surface area contributed by atoms with Crippen molar-refractivity contribution in [2.45, 2.75) is 59.5 Å². The molecule has 1 aromatic carbocycles. The summed E-state index contributed by atoms with van der Waals surface area (Å²) in [7, 11) is 0. The zero-order valence-electron chi connectivity index (χ0n) is 20.6. The number of amides is 2. The maximum atomic E-state index is 12.4. The van der Waals surface area contributed by atoms with Gasteiger partial charge in [0, 0.05) is 26.1 Å². The van der Waals surface area contributed by atoms with Crippen molar-refractivity contribution in [2.75, 3.05) is 6.54 Å². The van der Waals surface area contributed by atoms with Crippen molar-refractivity contribution in [3.8, 4) is 5.75 Å². The first-order chi connectivity index (χ1) is 17.4. The predicted molar refractivity (Wildman–Crippen MR) is 129 cm³/mol. The predicted octanol–water partition coefficient (Wildman–Crippen LogP) is 3.76. The molecule has 0 aliphatic heterocycles. The highest BCUT2D eigenvalue weighted by molar-refractivity contribution is 7.13. The van der Waals surface area contributed by atoms with E-state index in [9.17, 15) is 22.8 Å². The maximum Gasteiger partial charge on any atom is 0.573 e. The second kappa shape index (κ2) is 12.1. The van der Waals surface area contributed by atoms with Crippen LogP contribution in [-0.4, -0.2) is 49.9 Å². The van der Waals surface area contributed by atoms with Crippen LogP contribution in [0.25, 0.3) is 0 Å². The number of aromatic nitrogens is 5. The first-order valence-electron chi connectivity index (χ1n) is 11.5. The molecule has 0 atom stereocenters. The largest absolute Gasteiger partial charge is 0.573 e. The summed E-state index contributed by atoms with van der Waals surface area (Å²) < 4.78 is 42.5. The lowest BCUT2D eigenvalue weighted by molar-refractivity contribution is -0.274. The van der Waals surface area contributed by atoms with Crippen molar-refractivity contribution in [3.63, 3.8) is 0 Å². The van der Waals surface area contributed by atoms with Crippen LogP contribution in [0.2, 0.25) is 0 Å². The van der Waals surface area contributed by atoms with Crippen molar-refractivity contribution in [2.24, 2.45) is 5.41 Å². The van der Waals surface area contributed by atoms with Crippen LogP contribution in [0.1, 0.15) is 64.5 Å². The third kappa shape index (κ3) is 9.79. The summed E-state index contributed by atoms with van der Waals surface area (Å²) in [5.41, 5.74) is 0.512. The first kappa shape index (κ1) is 28.0. The number of rotatable bonds is 11. The zero-order valence-corrected chi connectivity index (χ0v) is 21.4. The third-order valence-corrected chi connectivity index (χ3v) is 5.81. The van der Waals surface area contributed by atoms with Gasteiger partial charge in [-0.15, -0.1) is 28.5 Å². The summed E-state index contributed by atoms with van der Waals surface area (Å²) in [4.78, 5) is 24.5. The number of carbonyl (C=O) groups excluding carboxylic acids is 2. The topological polar surface area (TPSA) is 124 Å². The van der Waals surface area contributed by atoms with Gasteiger partial charge in [-0.2, -0.15) is 0 Å². The average molecular weight is 540 g/mol. The van der Waals surface area contributed by atoms with E-state index in [0.29, 0.717) is 30.1 Å². The van der Waals surface area contributed by atoms with Crippen molar-refractivity contribution in [1.29, 1.82) is 0 Å². The molecule has 0 saturated carbocycles. The number of nitrogens with one attached hydrogen (secondary N) is 2. The zero-order chi connectivity index (χ0) is 27.1. The minimum Gasteiger partial charge on any atom is -0.406 e. The van der Waals surface area contributed by atoms with E-state index in [0.717, 1.165) is 17.8 Å². The highest BCUT2D eigenvalue weighted by Crippen LogP contribution is 2.23. The fourth-order valence-electron chi connectivity index (χ4n) is 3.05. The number of carbonyl (C=O) groups is 2. The molecule has 14 heteroatoms. The van der Waals surface area contributed by atoms with Gasteiger partial charge in [-0.1, -0.05) is 49.5 Å². The number of hydrogen-bond acceptors (Lipinski definition) is 8. The van der Waals surface area contributed by atoms with Crippen LogP contribution in [0.15, 0.2) is 30.5 Å². The van der Waals surface area contributed by atoms with E-state index in [1.165, 1.54) is 40.4 Å². The summed E-state index contributed by atoms with van der Waals surface area (Å²) >= 11 is 1.27. The number of hydrogen-bond donors (Lipinski definition) is 2. The number of ether oxygens (including phenoxy) is 1. The van der Waals surface area contributed by atoms with Gasteiger partial charge >= 0.3 is 6.36 Å². The van der Waals surface area contributed by atoms with Gasteiger partial charge in [0.15, 0.2) is 5.69 Å². The smallest absolute Gasteiger partial charge is 0.406 e. The van der Waals surface area contributed by atoms with Gasteiger partial charge in [0.2, 0.25) is 5.01 Å². The molecule has 10 nitrogen and oxygen atoms in total. The molecule has 3 aromatic rings. The Morgan fingerprint density at radius 3 is 2.57 bits per heavy atom. The Bertz CT molecular complexity index is 1200. The summed E-state index contributed by atoms with van der Waals surface area (Å²) in [6, 6.07) is 5.35. The van der Waals surface area contributed by atoms with Crippen molar-refractivity contribution >= 4 is 23.2 Å². The summed E-state index contributed by atoms with van der Waals surface area (Å²) in [6.07, 6.45) is -1.12. The molecule has 2 heterocycles. The fraction of sp³-hybridized carbons (Fsp3) is 0.478. The molecule has 3 rings (SSSR count). The average Bonchev–Trinajstić information content (AvgIpc) is 3.47. The van der Waals surface area contributed by atoms with Crippen LogP contribution in [0.4, 0.5) is 13.2 Å². The fourth-order valence-corrected chi connectivity index (χ4v) is 3.85. The van der Waals surface area contributed by atoms with Gasteiger partial charge in [-0.3, -0.25) is 14.3 Å². The second-order valence-electron chi connectivity index (χ2n) is 9.45. The number of unbranched alkanes of at least 4 members (excludes halogenated alkanes) is 1. The molecular weight excluding hydrogens is 511 g/mol. The van der Waals surface area contributed by atoms with Crippen LogP contribution in [0.3, 0.4) is 0 Å². The Balaban J connectivity index is 1.39. The minimum atomic E-state index is -4.79. The molecule has 0 radical (unpaired) electrons. The molecule has 0 aliphatic rings. The van der Waals surface area contributed by atoms with Crippen molar-refractivity contribution in [3.05, 3.63) is 51.7 Å². The number of halogens is 3. The molecule has 0 unspecified atom stereocenters. The van der Waals surface area contributed by atoms with Crippen LogP contribution in [0.5, 0.6) is 5.75 Å². The quantitative estimate of drug-likeness (QED) is 0.356. The molecule has 2 aromatic heterocycles. The third-order valence-electron chi connectivity index (χ3n) is 4.82. The van der Waals surface area contributed by atoms with Crippen molar-refractivity contribution in [1.82, 2.24) is 35.8 Å². The highest BCUT2D eigenvalue weighted by Gasteiger charge is 2.31. The monoisotopic (exact) mass is 539 g/mol. The lowest BCUT2D eigenvalue weighted by atomic mass is 9.97. The Hall–Kier alpha value is -3.55. The Morgan fingerprint density at radius 2 is 1.84 bits per heavy atom. The molecular formula is C23H28F3N7O3S. The molecule has 37 heavy (non-hydrogen) atoms. The SMILES string of the molecule is CC(C)(C)CNC(=O)c1nnc(CCCCn2cc(C(=O)NCc3cccc(OC(F)(F)F)c3)nn2)s1. The first-order valence-corrected chi connectivity index (χ1v) is 12.3. The van der Waals surface area contributed by atoms with E-state index in [1.807, 2.05) is 20.8 Å². The molecule has 0 saturated heterocycles. The lowest BCUT2D eigenvalue weighted by Gasteiger charge is -2.17. The summed E-state index contributed by atoms with van der Waals surface area (Å²) in [5, 5.41) is 22.4. The maximum absolute atomic E-state index is 12.4. The number of benzene rings is 1. The van der Waals surface area contributed by atoms with E-state index in [2.05, 4.69) is 35.9 Å². The van der Waals surface area contributed by atoms with E-state index < -0.39 is 12.3 Å². The van der Waals surface area contributed by atoms with Crippen molar-refractivity contribution < 1.29 is 27.5 Å². The highest BCUT2D eigenvalue weighted by atomic mass is 32.1. The molecule has 0 spiro atoms. The van der Waals surface area contributed by atoms with E-state index in [1.54, 1.807) is 6.07 Å². The van der Waals surface area contributed by atoms with Gasteiger partial charge in [-0.25, -0.2) is 0 Å². The normalized spacial score (nSPS) is 11.8. The molecule has 0 bridgehead atoms. The van der Waals surface area contributed by atoms with Crippen LogP contribution in [0, 0.1) is 5.41 Å². The van der Waals surface area contributed by atoms with E-state index >= 15 is 0 Å². The molecule has 2 amide bonds. The minimum absolute atomic E-state index is 0.00117. The lowest BCUT2D eigenvalue weighted by Crippen LogP contribution is -2.32. The van der Waals surface area contributed by atoms with E-state index in [-0.39, 0.29) is 29.3 Å². The van der Waals surface area contributed by atoms with Crippen LogP contribution in [-0.2, 0) is 19.5 Å². The van der Waals surface area contributed by atoms with Gasteiger partial charge in [0.25, 0.3) is 11.8 Å². The van der Waals surface area contributed by atoms with Gasteiger partial charge in [0.05, 0.1) is 6.20 Å². The Morgan fingerprint density at radius 1 is 1.05 bits per heavy atom. The standard InChI is InChI=1S/C23H28F3N7O3S/c1-22(2,3)14-28-20(35)21-31-30-18(37-21)9-4-5-10-33-13-17(29-32-33)19(34)27-12-15-7-6-8-16(11-15)36-23(24,25)26/h6-8,11,13H,4-5,9-10,12,14H2,1-3H3,(H,27,34)(H,28,35). The number of alkyl halides is 3. The Kier molecular flexibility index (Phi) is 9.18. The number of aryl methyl sites for hydroxylation is 2. The molecule has 2 N–H and O–H groups in total. The second-order valence-corrected chi connectivity index (χ2v) is 10.5. The van der Waals surface area contributed by atoms with Gasteiger partial charge < -0.3 is 15.4 Å². The summed E-state index contributed by atoms with van der Waals surface area (Å²) in [5.74, 6) is -1.09. The summed E-state index contributed by atoms with van der Waals surface area (Å²) in [6.45, 7) is 7.16. The molecule has 200 valence electrons. The van der Waals surface area contributed by atoms with E-state index in [4.69, 9.17) is 0 Å². The Labute approximate surface area is 215 Å².